The second-order valence-corrected chi connectivity index (χ2v) is 5.20. The number of hydrogen-bond donors (Lipinski definition) is 1. The van der Waals surface area contributed by atoms with Crippen LogP contribution in [0.5, 0.6) is 11.5 Å². The summed E-state index contributed by atoms with van der Waals surface area (Å²) in [6.45, 7) is 0. The van der Waals surface area contributed by atoms with Gasteiger partial charge in [0.2, 0.25) is 5.91 Å². The van der Waals surface area contributed by atoms with Crippen LogP contribution in [0.3, 0.4) is 0 Å². The molecule has 1 saturated carbocycles. The van der Waals surface area contributed by atoms with Crippen molar-refractivity contribution in [1.29, 1.82) is 0 Å². The van der Waals surface area contributed by atoms with Gasteiger partial charge in [0.05, 0.1) is 14.2 Å². The van der Waals surface area contributed by atoms with Crippen molar-refractivity contribution < 1.29 is 14.3 Å². The predicted molar refractivity (Wildman–Crippen MR) is 78.3 cm³/mol. The minimum absolute atomic E-state index is 0.127. The number of para-hydroxylation sites is 1. The van der Waals surface area contributed by atoms with E-state index in [2.05, 4.69) is 5.32 Å². The Morgan fingerprint density at radius 3 is 2.65 bits per heavy atom. The number of rotatable bonds is 6. The quantitative estimate of drug-likeness (QED) is 0.869. The number of carbonyl (C=O) groups is 1. The van der Waals surface area contributed by atoms with Crippen LogP contribution in [0.1, 0.15) is 37.7 Å². The van der Waals surface area contributed by atoms with E-state index in [0.29, 0.717) is 24.6 Å². The van der Waals surface area contributed by atoms with Gasteiger partial charge in [0, 0.05) is 12.5 Å². The lowest BCUT2D eigenvalue weighted by Crippen LogP contribution is -2.32. The van der Waals surface area contributed by atoms with Crippen molar-refractivity contribution >= 4 is 5.91 Å². The fourth-order valence-electron chi connectivity index (χ4n) is 2.77. The van der Waals surface area contributed by atoms with Crippen molar-refractivity contribution in [3.8, 4) is 11.5 Å². The third-order valence-corrected chi connectivity index (χ3v) is 3.83. The summed E-state index contributed by atoms with van der Waals surface area (Å²) in [6, 6.07) is 6.14. The van der Waals surface area contributed by atoms with Crippen molar-refractivity contribution in [2.75, 3.05) is 14.2 Å². The summed E-state index contributed by atoms with van der Waals surface area (Å²) in [5.74, 6) is 1.56. The van der Waals surface area contributed by atoms with E-state index < -0.39 is 0 Å². The maximum absolute atomic E-state index is 11.9. The zero-order valence-electron chi connectivity index (χ0n) is 12.3. The Morgan fingerprint density at radius 2 is 2.00 bits per heavy atom. The lowest BCUT2D eigenvalue weighted by Gasteiger charge is -2.14. The van der Waals surface area contributed by atoms with E-state index in [1.165, 1.54) is 12.8 Å². The van der Waals surface area contributed by atoms with Gasteiger partial charge in [-0.15, -0.1) is 0 Å². The largest absolute Gasteiger partial charge is 0.493 e. The zero-order valence-corrected chi connectivity index (χ0v) is 12.3. The molecule has 110 valence electrons. The third-order valence-electron chi connectivity index (χ3n) is 3.83. The molecule has 1 N–H and O–H groups in total. The lowest BCUT2D eigenvalue weighted by molar-refractivity contribution is -0.121. The number of amides is 1. The Balaban J connectivity index is 1.91. The van der Waals surface area contributed by atoms with Crippen LogP contribution in [0, 0.1) is 0 Å². The Kier molecular flexibility index (Phi) is 5.27. The van der Waals surface area contributed by atoms with Crippen LogP contribution in [0.2, 0.25) is 0 Å². The summed E-state index contributed by atoms with van der Waals surface area (Å²) >= 11 is 0. The molecule has 0 heterocycles. The number of nitrogens with one attached hydrogen (secondary N) is 1. The van der Waals surface area contributed by atoms with Crippen molar-refractivity contribution in [1.82, 2.24) is 5.32 Å². The fraction of sp³-hybridized carbons (Fsp3) is 0.562. The van der Waals surface area contributed by atoms with Gasteiger partial charge in [-0.1, -0.05) is 25.0 Å². The summed E-state index contributed by atoms with van der Waals surface area (Å²) in [5.41, 5.74) is 1.01. The molecule has 1 aliphatic carbocycles. The van der Waals surface area contributed by atoms with Crippen LogP contribution in [-0.4, -0.2) is 26.2 Å². The summed E-state index contributed by atoms with van der Waals surface area (Å²) in [5, 5.41) is 3.10. The predicted octanol–water partition coefficient (Wildman–Crippen LogP) is 2.70. The van der Waals surface area contributed by atoms with E-state index in [1.807, 2.05) is 18.2 Å². The first kappa shape index (κ1) is 14.7. The Labute approximate surface area is 120 Å². The first-order valence-corrected chi connectivity index (χ1v) is 7.24. The SMILES string of the molecule is COc1cccc(CCC(=O)NC2CCCC2)c1OC. The minimum Gasteiger partial charge on any atom is -0.493 e. The van der Waals surface area contributed by atoms with Gasteiger partial charge in [-0.3, -0.25) is 4.79 Å². The fourth-order valence-corrected chi connectivity index (χ4v) is 2.77. The van der Waals surface area contributed by atoms with Gasteiger partial charge in [0.25, 0.3) is 0 Å². The first-order valence-electron chi connectivity index (χ1n) is 7.24. The van der Waals surface area contributed by atoms with Gasteiger partial charge in [-0.2, -0.15) is 0 Å². The molecule has 1 fully saturated rings. The topological polar surface area (TPSA) is 47.6 Å². The number of benzene rings is 1. The van der Waals surface area contributed by atoms with E-state index in [0.717, 1.165) is 24.2 Å². The first-order chi connectivity index (χ1) is 9.74. The van der Waals surface area contributed by atoms with E-state index in [1.54, 1.807) is 14.2 Å². The zero-order chi connectivity index (χ0) is 14.4. The molecule has 1 aliphatic rings. The molecule has 1 aromatic carbocycles. The molecular formula is C16H23NO3. The highest BCUT2D eigenvalue weighted by atomic mass is 16.5. The molecule has 0 saturated heterocycles. The summed E-state index contributed by atoms with van der Waals surface area (Å²) in [6.07, 6.45) is 5.85. The average Bonchev–Trinajstić information content (AvgIpc) is 2.97. The molecule has 4 heteroatoms. The third kappa shape index (κ3) is 3.65. The van der Waals surface area contributed by atoms with E-state index in [9.17, 15) is 4.79 Å². The normalized spacial score (nSPS) is 15.1. The van der Waals surface area contributed by atoms with Crippen LogP contribution < -0.4 is 14.8 Å². The lowest BCUT2D eigenvalue weighted by atomic mass is 10.1. The standard InChI is InChI=1S/C16H23NO3/c1-19-14-9-5-6-12(16(14)20-2)10-11-15(18)17-13-7-3-4-8-13/h5-6,9,13H,3-4,7-8,10-11H2,1-2H3,(H,17,18). The maximum atomic E-state index is 11.9. The van der Waals surface area contributed by atoms with Crippen molar-refractivity contribution in [2.24, 2.45) is 0 Å². The molecule has 0 radical (unpaired) electrons. The van der Waals surface area contributed by atoms with Gasteiger partial charge < -0.3 is 14.8 Å². The van der Waals surface area contributed by atoms with Crippen LogP contribution in [0.4, 0.5) is 0 Å². The van der Waals surface area contributed by atoms with Gasteiger partial charge in [-0.25, -0.2) is 0 Å². The van der Waals surface area contributed by atoms with E-state index in [-0.39, 0.29) is 5.91 Å². The van der Waals surface area contributed by atoms with Gasteiger partial charge in [-0.05, 0) is 30.9 Å². The second-order valence-electron chi connectivity index (χ2n) is 5.20. The molecule has 0 aromatic heterocycles. The number of carbonyl (C=O) groups excluding carboxylic acids is 1. The molecule has 4 nitrogen and oxygen atoms in total. The summed E-state index contributed by atoms with van der Waals surface area (Å²) in [7, 11) is 3.24. The molecule has 2 rings (SSSR count). The number of ether oxygens (including phenoxy) is 2. The second kappa shape index (κ2) is 7.17. The van der Waals surface area contributed by atoms with Crippen molar-refractivity contribution in [2.45, 2.75) is 44.6 Å². The molecule has 0 bridgehead atoms. The minimum atomic E-state index is 0.127. The summed E-state index contributed by atoms with van der Waals surface area (Å²) < 4.78 is 10.6. The molecule has 0 unspecified atom stereocenters. The smallest absolute Gasteiger partial charge is 0.220 e. The Hall–Kier alpha value is -1.71. The molecule has 0 atom stereocenters. The summed E-state index contributed by atoms with van der Waals surface area (Å²) in [4.78, 5) is 11.9. The Bertz CT molecular complexity index is 453. The molecular weight excluding hydrogens is 254 g/mol. The highest BCUT2D eigenvalue weighted by Crippen LogP contribution is 2.31. The van der Waals surface area contributed by atoms with Crippen LogP contribution in [0.15, 0.2) is 18.2 Å². The average molecular weight is 277 g/mol. The van der Waals surface area contributed by atoms with Crippen LogP contribution in [-0.2, 0) is 11.2 Å². The van der Waals surface area contributed by atoms with Crippen molar-refractivity contribution in [3.05, 3.63) is 23.8 Å². The van der Waals surface area contributed by atoms with Gasteiger partial charge in [0.1, 0.15) is 0 Å². The van der Waals surface area contributed by atoms with E-state index in [4.69, 9.17) is 9.47 Å². The number of methoxy groups -OCH3 is 2. The number of aryl methyl sites for hydroxylation is 1. The maximum Gasteiger partial charge on any atom is 0.220 e. The van der Waals surface area contributed by atoms with Gasteiger partial charge >= 0.3 is 0 Å². The highest BCUT2D eigenvalue weighted by Gasteiger charge is 2.17. The molecule has 20 heavy (non-hydrogen) atoms. The monoisotopic (exact) mass is 277 g/mol. The van der Waals surface area contributed by atoms with E-state index >= 15 is 0 Å². The van der Waals surface area contributed by atoms with Crippen LogP contribution in [0.25, 0.3) is 0 Å². The highest BCUT2D eigenvalue weighted by molar-refractivity contribution is 5.76. The van der Waals surface area contributed by atoms with Crippen molar-refractivity contribution in [3.63, 3.8) is 0 Å². The van der Waals surface area contributed by atoms with Crippen LogP contribution >= 0.6 is 0 Å². The molecule has 1 amide bonds. The molecule has 1 aromatic rings. The number of hydrogen-bond acceptors (Lipinski definition) is 3. The Morgan fingerprint density at radius 1 is 1.25 bits per heavy atom. The molecule has 0 aliphatic heterocycles. The molecule has 0 spiro atoms. The van der Waals surface area contributed by atoms with Gasteiger partial charge in [0.15, 0.2) is 11.5 Å².